The fraction of sp³-hybridized carbons (Fsp3) is 0.900. The van der Waals surface area contributed by atoms with Crippen molar-refractivity contribution in [3.8, 4) is 0 Å². The summed E-state index contributed by atoms with van der Waals surface area (Å²) in [6.07, 6.45) is 1.46. The SMILES string of the molecule is CC(C)SCC(=O)N1CCC[C@H](O)C1. The molecule has 1 rings (SSSR count). The molecule has 1 aliphatic rings. The number of hydrogen-bond acceptors (Lipinski definition) is 3. The predicted octanol–water partition coefficient (Wildman–Crippen LogP) is 1.11. The van der Waals surface area contributed by atoms with Gasteiger partial charge in [-0.3, -0.25) is 4.79 Å². The highest BCUT2D eigenvalue weighted by Gasteiger charge is 2.21. The van der Waals surface area contributed by atoms with Crippen molar-refractivity contribution in [3.63, 3.8) is 0 Å². The summed E-state index contributed by atoms with van der Waals surface area (Å²) >= 11 is 1.66. The van der Waals surface area contributed by atoms with E-state index in [0.29, 0.717) is 17.5 Å². The number of piperidine rings is 1. The van der Waals surface area contributed by atoms with Crippen LogP contribution in [0.2, 0.25) is 0 Å². The molecule has 0 aromatic rings. The summed E-state index contributed by atoms with van der Waals surface area (Å²) in [7, 11) is 0. The maximum absolute atomic E-state index is 11.6. The zero-order valence-corrected chi connectivity index (χ0v) is 9.72. The highest BCUT2D eigenvalue weighted by atomic mass is 32.2. The van der Waals surface area contributed by atoms with Crippen LogP contribution in [-0.2, 0) is 4.79 Å². The van der Waals surface area contributed by atoms with E-state index >= 15 is 0 Å². The molecule has 1 N–H and O–H groups in total. The van der Waals surface area contributed by atoms with Gasteiger partial charge in [0.1, 0.15) is 0 Å². The van der Waals surface area contributed by atoms with Crippen LogP contribution in [0, 0.1) is 0 Å². The van der Waals surface area contributed by atoms with E-state index in [1.54, 1.807) is 16.7 Å². The van der Waals surface area contributed by atoms with Gasteiger partial charge in [0.15, 0.2) is 0 Å². The van der Waals surface area contributed by atoms with Crippen LogP contribution in [0.3, 0.4) is 0 Å². The lowest BCUT2D eigenvalue weighted by molar-refractivity contribution is -0.131. The summed E-state index contributed by atoms with van der Waals surface area (Å²) < 4.78 is 0. The Morgan fingerprint density at radius 3 is 2.93 bits per heavy atom. The minimum absolute atomic E-state index is 0.169. The van der Waals surface area contributed by atoms with Crippen molar-refractivity contribution in [2.75, 3.05) is 18.8 Å². The maximum atomic E-state index is 11.6. The van der Waals surface area contributed by atoms with Gasteiger partial charge in [-0.2, -0.15) is 0 Å². The molecule has 1 fully saturated rings. The Labute approximate surface area is 89.9 Å². The third kappa shape index (κ3) is 3.88. The molecule has 0 saturated carbocycles. The average molecular weight is 217 g/mol. The molecule has 0 aromatic heterocycles. The second-order valence-corrected chi connectivity index (χ2v) is 5.56. The Morgan fingerprint density at radius 2 is 2.36 bits per heavy atom. The van der Waals surface area contributed by atoms with Crippen LogP contribution < -0.4 is 0 Å². The first-order chi connectivity index (χ1) is 6.59. The molecule has 0 bridgehead atoms. The fourth-order valence-corrected chi connectivity index (χ4v) is 2.17. The van der Waals surface area contributed by atoms with Crippen LogP contribution in [0.1, 0.15) is 26.7 Å². The number of amides is 1. The number of carbonyl (C=O) groups excluding carboxylic acids is 1. The molecule has 1 atom stereocenters. The standard InChI is InChI=1S/C10H19NO2S/c1-8(2)14-7-10(13)11-5-3-4-9(12)6-11/h8-9,12H,3-7H2,1-2H3/t9-/m0/s1. The van der Waals surface area contributed by atoms with Crippen molar-refractivity contribution in [1.82, 2.24) is 4.90 Å². The van der Waals surface area contributed by atoms with E-state index < -0.39 is 0 Å². The van der Waals surface area contributed by atoms with Crippen LogP contribution >= 0.6 is 11.8 Å². The molecule has 14 heavy (non-hydrogen) atoms. The summed E-state index contributed by atoms with van der Waals surface area (Å²) in [5.41, 5.74) is 0. The lowest BCUT2D eigenvalue weighted by atomic mass is 10.1. The van der Waals surface area contributed by atoms with Gasteiger partial charge >= 0.3 is 0 Å². The number of aliphatic hydroxyl groups excluding tert-OH is 1. The molecule has 0 aliphatic carbocycles. The normalized spacial score (nSPS) is 22.9. The van der Waals surface area contributed by atoms with Crippen molar-refractivity contribution in [3.05, 3.63) is 0 Å². The Balaban J connectivity index is 2.29. The second-order valence-electron chi connectivity index (χ2n) is 4.00. The van der Waals surface area contributed by atoms with E-state index in [4.69, 9.17) is 0 Å². The number of β-amino-alcohol motifs (C(OH)–C–C–N with tert-alkyl or cyclic N) is 1. The third-order valence-corrected chi connectivity index (χ3v) is 3.37. The van der Waals surface area contributed by atoms with Gasteiger partial charge in [-0.1, -0.05) is 13.8 Å². The monoisotopic (exact) mass is 217 g/mol. The van der Waals surface area contributed by atoms with Gasteiger partial charge in [0.05, 0.1) is 11.9 Å². The van der Waals surface area contributed by atoms with Crippen LogP contribution in [0.25, 0.3) is 0 Å². The third-order valence-electron chi connectivity index (χ3n) is 2.29. The Bertz CT molecular complexity index is 197. The van der Waals surface area contributed by atoms with Crippen LogP contribution in [0.4, 0.5) is 0 Å². The highest BCUT2D eigenvalue weighted by Crippen LogP contribution is 2.14. The summed E-state index contributed by atoms with van der Waals surface area (Å²) in [5.74, 6) is 0.715. The summed E-state index contributed by atoms with van der Waals surface area (Å²) in [6, 6.07) is 0. The van der Waals surface area contributed by atoms with Crippen molar-refractivity contribution in [1.29, 1.82) is 0 Å². The van der Waals surface area contributed by atoms with Crippen LogP contribution in [-0.4, -0.2) is 46.1 Å². The first-order valence-electron chi connectivity index (χ1n) is 5.17. The largest absolute Gasteiger partial charge is 0.391 e. The molecule has 82 valence electrons. The number of rotatable bonds is 3. The number of nitrogens with zero attached hydrogens (tertiary/aromatic N) is 1. The lowest BCUT2D eigenvalue weighted by Crippen LogP contribution is -2.43. The van der Waals surface area contributed by atoms with Gasteiger partial charge in [-0.25, -0.2) is 0 Å². The molecule has 0 radical (unpaired) electrons. The second kappa shape index (κ2) is 5.61. The summed E-state index contributed by atoms with van der Waals surface area (Å²) in [4.78, 5) is 13.4. The maximum Gasteiger partial charge on any atom is 0.232 e. The van der Waals surface area contributed by atoms with Gasteiger partial charge in [0.2, 0.25) is 5.91 Å². The molecule has 0 aromatic carbocycles. The number of aliphatic hydroxyl groups is 1. The van der Waals surface area contributed by atoms with E-state index in [2.05, 4.69) is 13.8 Å². The van der Waals surface area contributed by atoms with Crippen molar-refractivity contribution in [2.45, 2.75) is 38.0 Å². The number of carbonyl (C=O) groups is 1. The van der Waals surface area contributed by atoms with E-state index in [0.717, 1.165) is 19.4 Å². The van der Waals surface area contributed by atoms with Crippen molar-refractivity contribution in [2.24, 2.45) is 0 Å². The highest BCUT2D eigenvalue weighted by molar-refractivity contribution is 8.00. The quantitative estimate of drug-likeness (QED) is 0.770. The Hall–Kier alpha value is -0.220. The van der Waals surface area contributed by atoms with Crippen molar-refractivity contribution < 1.29 is 9.90 Å². The zero-order chi connectivity index (χ0) is 10.6. The van der Waals surface area contributed by atoms with Gasteiger partial charge < -0.3 is 10.0 Å². The van der Waals surface area contributed by atoms with Crippen molar-refractivity contribution >= 4 is 17.7 Å². The molecule has 1 aliphatic heterocycles. The molecule has 1 amide bonds. The average Bonchev–Trinajstić information content (AvgIpc) is 2.14. The first kappa shape index (κ1) is 11.9. The predicted molar refractivity (Wildman–Crippen MR) is 59.4 cm³/mol. The molecule has 3 nitrogen and oxygen atoms in total. The smallest absolute Gasteiger partial charge is 0.232 e. The Kier molecular flexibility index (Phi) is 4.75. The molecule has 4 heteroatoms. The summed E-state index contributed by atoms with van der Waals surface area (Å²) in [6.45, 7) is 5.51. The molecular formula is C10H19NO2S. The number of hydrogen-bond donors (Lipinski definition) is 1. The zero-order valence-electron chi connectivity index (χ0n) is 8.90. The number of likely N-dealkylation sites (tertiary alicyclic amines) is 1. The van der Waals surface area contributed by atoms with E-state index in [1.807, 2.05) is 0 Å². The minimum Gasteiger partial charge on any atom is -0.391 e. The Morgan fingerprint density at radius 1 is 1.64 bits per heavy atom. The molecule has 1 saturated heterocycles. The fourth-order valence-electron chi connectivity index (χ4n) is 1.51. The molecule has 1 heterocycles. The summed E-state index contributed by atoms with van der Waals surface area (Å²) in [5, 5.41) is 9.90. The van der Waals surface area contributed by atoms with Gasteiger partial charge in [-0.15, -0.1) is 11.8 Å². The van der Waals surface area contributed by atoms with Gasteiger partial charge in [-0.05, 0) is 18.1 Å². The minimum atomic E-state index is -0.309. The molecule has 0 spiro atoms. The van der Waals surface area contributed by atoms with Crippen LogP contribution in [0.15, 0.2) is 0 Å². The van der Waals surface area contributed by atoms with Crippen LogP contribution in [0.5, 0.6) is 0 Å². The molecular weight excluding hydrogens is 198 g/mol. The van der Waals surface area contributed by atoms with E-state index in [1.165, 1.54) is 0 Å². The first-order valence-corrected chi connectivity index (χ1v) is 6.22. The van der Waals surface area contributed by atoms with E-state index in [9.17, 15) is 9.90 Å². The van der Waals surface area contributed by atoms with Gasteiger partial charge in [0.25, 0.3) is 0 Å². The van der Waals surface area contributed by atoms with E-state index in [-0.39, 0.29) is 12.0 Å². The van der Waals surface area contributed by atoms with Gasteiger partial charge in [0, 0.05) is 13.1 Å². The molecule has 0 unspecified atom stereocenters. The topological polar surface area (TPSA) is 40.5 Å². The number of thioether (sulfide) groups is 1. The lowest BCUT2D eigenvalue weighted by Gasteiger charge is -2.30.